The lowest BCUT2D eigenvalue weighted by Crippen LogP contribution is -2.12. The summed E-state index contributed by atoms with van der Waals surface area (Å²) in [6.07, 6.45) is 4.63. The van der Waals surface area contributed by atoms with E-state index in [4.69, 9.17) is 0 Å². The van der Waals surface area contributed by atoms with Crippen LogP contribution >= 0.6 is 0 Å². The Kier molecular flexibility index (Phi) is 3.68. The third-order valence-corrected chi connectivity index (χ3v) is 3.05. The lowest BCUT2D eigenvalue weighted by atomic mass is 9.92. The molecule has 0 bridgehead atoms. The van der Waals surface area contributed by atoms with E-state index in [1.807, 2.05) is 6.92 Å². The minimum Gasteiger partial charge on any atom is -0.294 e. The summed E-state index contributed by atoms with van der Waals surface area (Å²) < 4.78 is 0. The maximum absolute atomic E-state index is 11.6. The minimum atomic E-state index is 0.121. The maximum Gasteiger partial charge on any atom is 0.161 e. The summed E-state index contributed by atoms with van der Waals surface area (Å²) in [5, 5.41) is 0. The molecule has 14 heavy (non-hydrogen) atoms. The van der Waals surface area contributed by atoms with E-state index in [0.717, 1.165) is 6.42 Å². The Morgan fingerprint density at radius 3 is 2.57 bits per heavy atom. The van der Waals surface area contributed by atoms with Crippen LogP contribution in [-0.2, 0) is 4.79 Å². The molecule has 0 unspecified atom stereocenters. The van der Waals surface area contributed by atoms with Gasteiger partial charge in [0, 0.05) is 5.92 Å². The molecule has 0 saturated carbocycles. The van der Waals surface area contributed by atoms with Crippen LogP contribution in [-0.4, -0.2) is 5.78 Å². The van der Waals surface area contributed by atoms with Crippen LogP contribution < -0.4 is 0 Å². The Hall–Kier alpha value is -0.850. The van der Waals surface area contributed by atoms with Crippen molar-refractivity contribution in [3.63, 3.8) is 0 Å². The Labute approximate surface area is 86.9 Å². The van der Waals surface area contributed by atoms with Gasteiger partial charge in [-0.3, -0.25) is 4.79 Å². The van der Waals surface area contributed by atoms with Gasteiger partial charge < -0.3 is 0 Å². The second-order valence-electron chi connectivity index (χ2n) is 4.49. The van der Waals surface area contributed by atoms with Gasteiger partial charge >= 0.3 is 0 Å². The van der Waals surface area contributed by atoms with Crippen molar-refractivity contribution in [1.29, 1.82) is 0 Å². The number of carbonyl (C=O) groups is 1. The molecular formula is C13H20O. The van der Waals surface area contributed by atoms with E-state index in [2.05, 4.69) is 13.5 Å². The van der Waals surface area contributed by atoms with Crippen molar-refractivity contribution >= 4 is 5.78 Å². The molecule has 1 aliphatic rings. The highest BCUT2D eigenvalue weighted by atomic mass is 16.1. The van der Waals surface area contributed by atoms with E-state index >= 15 is 0 Å². The highest BCUT2D eigenvalue weighted by Crippen LogP contribution is 2.30. The predicted octanol–water partition coefficient (Wildman–Crippen LogP) is 3.66. The molecule has 1 aliphatic carbocycles. The van der Waals surface area contributed by atoms with Crippen LogP contribution in [0.5, 0.6) is 0 Å². The number of Topliss-reactive ketones (excluding diaryl/α,β-unsaturated/α-hetero) is 1. The fraction of sp³-hybridized carbons (Fsp3) is 0.615. The summed E-state index contributed by atoms with van der Waals surface area (Å²) >= 11 is 0. The van der Waals surface area contributed by atoms with Crippen molar-refractivity contribution in [2.75, 3.05) is 0 Å². The van der Waals surface area contributed by atoms with Crippen LogP contribution in [0.2, 0.25) is 0 Å². The quantitative estimate of drug-likeness (QED) is 0.491. The monoisotopic (exact) mass is 192 g/mol. The average molecular weight is 192 g/mol. The molecule has 78 valence electrons. The largest absolute Gasteiger partial charge is 0.294 e. The molecule has 0 heterocycles. The highest BCUT2D eigenvalue weighted by Gasteiger charge is 2.18. The van der Waals surface area contributed by atoms with Crippen LogP contribution in [0.15, 0.2) is 23.3 Å². The first-order chi connectivity index (χ1) is 6.52. The van der Waals surface area contributed by atoms with E-state index in [9.17, 15) is 4.79 Å². The van der Waals surface area contributed by atoms with Crippen molar-refractivity contribution < 1.29 is 4.79 Å². The molecule has 0 aromatic heterocycles. The zero-order valence-electron chi connectivity index (χ0n) is 9.52. The van der Waals surface area contributed by atoms with Crippen LogP contribution in [0.25, 0.3) is 0 Å². The van der Waals surface area contributed by atoms with E-state index in [1.54, 1.807) is 6.92 Å². The van der Waals surface area contributed by atoms with Gasteiger partial charge in [-0.1, -0.05) is 24.6 Å². The standard InChI is InChI=1S/C13H20O/c1-9(2)13(14)11(4)8-12-7-5-6-10(12)3/h11H,1,5-8H2,2-4H3/t11-/m0/s1. The van der Waals surface area contributed by atoms with Gasteiger partial charge in [-0.25, -0.2) is 0 Å². The zero-order chi connectivity index (χ0) is 10.7. The van der Waals surface area contributed by atoms with E-state index < -0.39 is 0 Å². The predicted molar refractivity (Wildman–Crippen MR) is 60.2 cm³/mol. The molecule has 0 radical (unpaired) electrons. The molecule has 0 aromatic rings. The molecule has 1 atom stereocenters. The van der Waals surface area contributed by atoms with Gasteiger partial charge in [0.25, 0.3) is 0 Å². The molecule has 0 spiro atoms. The first kappa shape index (κ1) is 11.2. The van der Waals surface area contributed by atoms with Crippen molar-refractivity contribution in [2.45, 2.75) is 46.5 Å². The summed E-state index contributed by atoms with van der Waals surface area (Å²) in [6.45, 7) is 9.71. The molecular weight excluding hydrogens is 172 g/mol. The van der Waals surface area contributed by atoms with Crippen LogP contribution in [0, 0.1) is 5.92 Å². The number of hydrogen-bond donors (Lipinski definition) is 0. The Morgan fingerprint density at radius 1 is 1.50 bits per heavy atom. The summed E-state index contributed by atoms with van der Waals surface area (Å²) in [4.78, 5) is 11.6. The van der Waals surface area contributed by atoms with Crippen molar-refractivity contribution in [3.05, 3.63) is 23.3 Å². The van der Waals surface area contributed by atoms with Crippen molar-refractivity contribution in [1.82, 2.24) is 0 Å². The highest BCUT2D eigenvalue weighted by molar-refractivity contribution is 5.95. The van der Waals surface area contributed by atoms with Gasteiger partial charge in [-0.05, 0) is 45.1 Å². The third kappa shape index (κ3) is 2.57. The fourth-order valence-corrected chi connectivity index (χ4v) is 2.12. The number of allylic oxidation sites excluding steroid dienone is 3. The molecule has 1 rings (SSSR count). The number of carbonyl (C=O) groups excluding carboxylic acids is 1. The first-order valence-electron chi connectivity index (χ1n) is 5.39. The normalized spacial score (nSPS) is 18.5. The number of rotatable bonds is 4. The topological polar surface area (TPSA) is 17.1 Å². The maximum atomic E-state index is 11.6. The van der Waals surface area contributed by atoms with E-state index in [0.29, 0.717) is 5.57 Å². The molecule has 1 nitrogen and oxygen atoms in total. The smallest absolute Gasteiger partial charge is 0.161 e. The summed E-state index contributed by atoms with van der Waals surface area (Å²) in [6, 6.07) is 0. The van der Waals surface area contributed by atoms with Gasteiger partial charge in [0.15, 0.2) is 5.78 Å². The van der Waals surface area contributed by atoms with E-state index in [-0.39, 0.29) is 11.7 Å². The molecule has 0 saturated heterocycles. The fourth-order valence-electron chi connectivity index (χ4n) is 2.12. The second-order valence-corrected chi connectivity index (χ2v) is 4.49. The molecule has 0 aromatic carbocycles. The molecule has 0 aliphatic heterocycles. The zero-order valence-corrected chi connectivity index (χ0v) is 9.52. The summed E-state index contributed by atoms with van der Waals surface area (Å²) in [7, 11) is 0. The first-order valence-corrected chi connectivity index (χ1v) is 5.39. The van der Waals surface area contributed by atoms with Gasteiger partial charge in [-0.15, -0.1) is 0 Å². The number of hydrogen-bond acceptors (Lipinski definition) is 1. The SMILES string of the molecule is C=C(C)C(=O)[C@@H](C)CC1=C(C)CCC1. The lowest BCUT2D eigenvalue weighted by Gasteiger charge is -2.11. The Bertz CT molecular complexity index is 284. The number of ketones is 1. The van der Waals surface area contributed by atoms with Crippen LogP contribution in [0.1, 0.15) is 46.5 Å². The van der Waals surface area contributed by atoms with Crippen LogP contribution in [0.4, 0.5) is 0 Å². The van der Waals surface area contributed by atoms with Gasteiger partial charge in [0.05, 0.1) is 0 Å². The van der Waals surface area contributed by atoms with Crippen molar-refractivity contribution in [3.8, 4) is 0 Å². The van der Waals surface area contributed by atoms with Crippen molar-refractivity contribution in [2.24, 2.45) is 5.92 Å². The Balaban J connectivity index is 2.56. The molecule has 0 fully saturated rings. The van der Waals surface area contributed by atoms with E-state index in [1.165, 1.54) is 30.4 Å². The molecule has 0 amide bonds. The van der Waals surface area contributed by atoms with Crippen LogP contribution in [0.3, 0.4) is 0 Å². The lowest BCUT2D eigenvalue weighted by molar-refractivity contribution is -0.118. The Morgan fingerprint density at radius 2 is 2.14 bits per heavy atom. The van der Waals surface area contributed by atoms with Gasteiger partial charge in [0.2, 0.25) is 0 Å². The molecule has 0 N–H and O–H groups in total. The van der Waals surface area contributed by atoms with Gasteiger partial charge in [-0.2, -0.15) is 0 Å². The summed E-state index contributed by atoms with van der Waals surface area (Å²) in [5.74, 6) is 0.341. The third-order valence-electron chi connectivity index (χ3n) is 3.05. The van der Waals surface area contributed by atoms with Gasteiger partial charge in [0.1, 0.15) is 0 Å². The summed E-state index contributed by atoms with van der Waals surface area (Å²) in [5.41, 5.74) is 3.70. The average Bonchev–Trinajstić information content (AvgIpc) is 2.50. The second kappa shape index (κ2) is 4.59. The molecule has 1 heteroatoms. The minimum absolute atomic E-state index is 0.121.